The van der Waals surface area contributed by atoms with Crippen LogP contribution in [0.25, 0.3) is 0 Å². The van der Waals surface area contributed by atoms with Crippen molar-refractivity contribution in [1.82, 2.24) is 0 Å². The van der Waals surface area contributed by atoms with E-state index in [0.29, 0.717) is 6.29 Å². The van der Waals surface area contributed by atoms with E-state index in [0.717, 1.165) is 0 Å². The number of carbonyl (C=O) groups is 5. The van der Waals surface area contributed by atoms with Gasteiger partial charge in [-0.15, -0.1) is 0 Å². The Hall–Kier alpha value is 0.0600. The van der Waals surface area contributed by atoms with Crippen molar-refractivity contribution >= 4 is 36.1 Å². The summed E-state index contributed by atoms with van der Waals surface area (Å²) < 4.78 is 0. The van der Waals surface area contributed by atoms with Crippen LogP contribution in [0.5, 0.6) is 0 Å². The molecule has 0 aliphatic carbocycles. The van der Waals surface area contributed by atoms with E-state index in [9.17, 15) is 9.59 Å². The molecule has 0 saturated carbocycles. The number of aliphatic hydroxyl groups is 2. The first-order valence-electron chi connectivity index (χ1n) is 4.48. The van der Waals surface area contributed by atoms with Crippen LogP contribution in [0.3, 0.4) is 0 Å². The van der Waals surface area contributed by atoms with Gasteiger partial charge in [0, 0.05) is 0 Å². The number of aliphatic carboxylic acids is 5. The zero-order chi connectivity index (χ0) is 19.7. The molecule has 0 spiro atoms. The molecule has 0 radical (unpaired) electrons. The van der Waals surface area contributed by atoms with Crippen LogP contribution >= 0.6 is 0 Å². The van der Waals surface area contributed by atoms with Gasteiger partial charge in [0.2, 0.25) is 0 Å². The molecule has 0 rings (SSSR count). The second kappa shape index (κ2) is 52.2. The van der Waals surface area contributed by atoms with Gasteiger partial charge in [-0.3, -0.25) is 0 Å². The SMILES string of the molecule is C.C.C.C=C(O)C(=O)O.C=C(O)C(=O)O.O=C(O)C(=O)O.O=[C-]C(=O)[O-].[H-].[H-].[Na+].[Na+].[Na+].[Na+].[OH-]. The van der Waals surface area contributed by atoms with Crippen LogP contribution in [0.2, 0.25) is 0 Å². The van der Waals surface area contributed by atoms with Gasteiger partial charge in [0.25, 0.3) is 0 Å². The number of carboxylic acids is 5. The fraction of sp³-hybridized carbons (Fsp3) is 0.231. The molecule has 0 saturated heterocycles. The van der Waals surface area contributed by atoms with Gasteiger partial charge in [0.15, 0.2) is 11.5 Å². The maximum absolute atomic E-state index is 9.35. The van der Waals surface area contributed by atoms with Crippen LogP contribution in [0, 0.1) is 0 Å². The smallest absolute Gasteiger partial charge is 1.00 e. The summed E-state index contributed by atoms with van der Waals surface area (Å²) >= 11 is 0. The quantitative estimate of drug-likeness (QED) is 0.0694. The molecular weight excluding hydrogens is 472 g/mol. The summed E-state index contributed by atoms with van der Waals surface area (Å²) in [4.78, 5) is 54.4. The molecule has 0 aliphatic heterocycles. The van der Waals surface area contributed by atoms with Crippen LogP contribution < -0.4 is 123 Å². The van der Waals surface area contributed by atoms with Crippen molar-refractivity contribution in [1.29, 1.82) is 0 Å². The minimum Gasteiger partial charge on any atom is -1.00 e. The topological polar surface area (TPSA) is 277 Å². The van der Waals surface area contributed by atoms with Gasteiger partial charge in [-0.05, 0) is 13.2 Å². The molecule has 0 amide bonds. The molecular formula is C13H25Na4O14-. The first-order valence-corrected chi connectivity index (χ1v) is 4.48. The predicted molar refractivity (Wildman–Crippen MR) is 89.1 cm³/mol. The molecule has 0 aromatic heterocycles. The first kappa shape index (κ1) is 77.3. The molecule has 166 valence electrons. The first-order chi connectivity index (χ1) is 10.2. The van der Waals surface area contributed by atoms with Gasteiger partial charge < -0.3 is 53.7 Å². The van der Waals surface area contributed by atoms with E-state index < -0.39 is 41.4 Å². The van der Waals surface area contributed by atoms with Crippen molar-refractivity contribution in [3.8, 4) is 0 Å². The molecule has 7 N–H and O–H groups in total. The van der Waals surface area contributed by atoms with Gasteiger partial charge in [-0.1, -0.05) is 28.2 Å². The summed E-state index contributed by atoms with van der Waals surface area (Å²) in [6, 6.07) is 0. The summed E-state index contributed by atoms with van der Waals surface area (Å²) in [7, 11) is 0. The van der Waals surface area contributed by atoms with E-state index in [1.165, 1.54) is 0 Å². The monoisotopic (exact) mass is 497 g/mol. The van der Waals surface area contributed by atoms with Crippen molar-refractivity contribution in [3.05, 3.63) is 24.7 Å². The van der Waals surface area contributed by atoms with E-state index >= 15 is 0 Å². The van der Waals surface area contributed by atoms with Crippen molar-refractivity contribution in [2.45, 2.75) is 22.3 Å². The van der Waals surface area contributed by atoms with Crippen molar-refractivity contribution in [3.63, 3.8) is 0 Å². The Morgan fingerprint density at radius 1 is 0.613 bits per heavy atom. The summed E-state index contributed by atoms with van der Waals surface area (Å²) in [6.45, 7) is 5.42. The van der Waals surface area contributed by atoms with Crippen molar-refractivity contribution < 1.29 is 191 Å². The van der Waals surface area contributed by atoms with E-state index in [-0.39, 0.29) is 149 Å². The number of carbonyl (C=O) groups excluding carboxylic acids is 2. The Bertz CT molecular complexity index is 426. The van der Waals surface area contributed by atoms with Gasteiger partial charge in [0.05, 0.1) is 0 Å². The minimum atomic E-state index is -1.82. The normalized spacial score (nSPS) is 5.29. The van der Waals surface area contributed by atoms with Crippen LogP contribution in [-0.2, 0) is 28.8 Å². The molecule has 0 fully saturated rings. The summed E-state index contributed by atoms with van der Waals surface area (Å²) in [6.07, 6.45) is 0.583. The van der Waals surface area contributed by atoms with Gasteiger partial charge in [-0.25, -0.2) is 25.5 Å². The number of aliphatic hydroxyl groups excluding tert-OH is 2. The molecule has 0 unspecified atom stereocenters. The molecule has 14 nitrogen and oxygen atoms in total. The molecule has 0 atom stereocenters. The number of carboxylic acid groups (broad SMARTS) is 5. The average molecular weight is 497 g/mol. The Kier molecular flexibility index (Phi) is 130. The van der Waals surface area contributed by atoms with E-state index in [2.05, 4.69) is 13.2 Å². The Morgan fingerprint density at radius 2 is 0.710 bits per heavy atom. The maximum Gasteiger partial charge on any atom is 1.00 e. The summed E-state index contributed by atoms with van der Waals surface area (Å²) in [5.74, 6) is -9.86. The predicted octanol–water partition coefficient (Wildman–Crippen LogP) is -12.7. The van der Waals surface area contributed by atoms with Gasteiger partial charge in [-0.2, -0.15) is 0 Å². The molecule has 0 aromatic rings. The third-order valence-corrected chi connectivity index (χ3v) is 0.760. The molecule has 0 heterocycles. The van der Waals surface area contributed by atoms with Crippen LogP contribution in [-0.4, -0.2) is 72.2 Å². The Labute approximate surface area is 270 Å². The standard InChI is InChI=1S/2C3H4O3.C2H2O4.C2HO3.3CH4.4Na.H2O.2H/c2*1-2(4)3(5)6;3-1(4)2(5)6;3-1-2(4)5;;;;;;;;;;/h2*4H,1H2,(H,5,6);(H,3,4)(H,5,6);(H,4,5);3*1H4;;;;;1H2;;/q;;;-1;;;;4*+1;;2*-1/p-2. The molecule has 18 heteroatoms. The second-order valence-corrected chi connectivity index (χ2v) is 2.50. The van der Waals surface area contributed by atoms with E-state index in [1.807, 2.05) is 0 Å². The third-order valence-electron chi connectivity index (χ3n) is 0.760. The maximum atomic E-state index is 9.35. The van der Waals surface area contributed by atoms with Gasteiger partial charge in [0.1, 0.15) is 0 Å². The summed E-state index contributed by atoms with van der Waals surface area (Å²) in [5.41, 5.74) is 0. The molecule has 0 aliphatic rings. The molecule has 0 aromatic carbocycles. The van der Waals surface area contributed by atoms with Crippen molar-refractivity contribution in [2.75, 3.05) is 0 Å². The fourth-order valence-corrected chi connectivity index (χ4v) is 0. The Balaban J connectivity index is -0.0000000111. The largest absolute Gasteiger partial charge is 1.00 e. The number of hydrogen-bond acceptors (Lipinski definition) is 10. The fourth-order valence-electron chi connectivity index (χ4n) is 0. The number of rotatable bonds is 3. The number of hydrogen-bond donors (Lipinski definition) is 6. The zero-order valence-corrected chi connectivity index (χ0v) is 23.4. The van der Waals surface area contributed by atoms with Crippen LogP contribution in [0.15, 0.2) is 24.7 Å². The van der Waals surface area contributed by atoms with Gasteiger partial charge >= 0.3 is 142 Å². The zero-order valence-electron chi connectivity index (χ0n) is 17.4. The van der Waals surface area contributed by atoms with Crippen LogP contribution in [0.1, 0.15) is 25.1 Å². The minimum absolute atomic E-state index is 0. The molecule has 31 heavy (non-hydrogen) atoms. The third kappa shape index (κ3) is 120. The second-order valence-electron chi connectivity index (χ2n) is 2.50. The molecule has 0 bridgehead atoms. The van der Waals surface area contributed by atoms with E-state index in [4.69, 9.17) is 54.9 Å². The van der Waals surface area contributed by atoms with Crippen molar-refractivity contribution in [2.24, 2.45) is 0 Å². The van der Waals surface area contributed by atoms with Crippen LogP contribution in [0.4, 0.5) is 0 Å². The summed E-state index contributed by atoms with van der Waals surface area (Å²) in [5, 5.41) is 54.6. The van der Waals surface area contributed by atoms with E-state index in [1.54, 1.807) is 0 Å². The average Bonchev–Trinajstić information content (AvgIpc) is 2.40. The Morgan fingerprint density at radius 3 is 0.710 bits per heavy atom.